The summed E-state index contributed by atoms with van der Waals surface area (Å²) in [5, 5.41) is 0. The van der Waals surface area contributed by atoms with Crippen molar-refractivity contribution in [2.45, 2.75) is 230 Å². The minimum absolute atomic E-state index is 0.0115. The smallest absolute Gasteiger partial charge is 0.465 e. The summed E-state index contributed by atoms with van der Waals surface area (Å²) in [5.41, 5.74) is 0. The third kappa shape index (κ3) is 39.0. The van der Waals surface area contributed by atoms with Crippen LogP contribution >= 0.6 is 0 Å². The maximum atomic E-state index is 13.6. The molecular formula is C55H92F9NO10. The number of hydrogen-bond acceptors (Lipinski definition) is 11. The molecule has 1 aliphatic heterocycles. The van der Waals surface area contributed by atoms with Crippen LogP contribution in [0.15, 0.2) is 24.3 Å². The Morgan fingerprint density at radius 3 is 1.64 bits per heavy atom. The Labute approximate surface area is 442 Å². The predicted octanol–water partition coefficient (Wildman–Crippen LogP) is 15.5. The van der Waals surface area contributed by atoms with Gasteiger partial charge in [0.05, 0.1) is 18.9 Å². The van der Waals surface area contributed by atoms with Crippen LogP contribution in [-0.2, 0) is 42.7 Å². The van der Waals surface area contributed by atoms with Crippen molar-refractivity contribution in [3.05, 3.63) is 24.3 Å². The molecule has 440 valence electrons. The fraction of sp³-hybridized carbons (Fsp3) is 0.873. The fourth-order valence-corrected chi connectivity index (χ4v) is 7.86. The topological polar surface area (TPSA) is 119 Å². The van der Waals surface area contributed by atoms with Crippen LogP contribution in [0.1, 0.15) is 200 Å². The molecular weight excluding hydrogens is 1010 g/mol. The molecule has 0 N–H and O–H groups in total. The standard InChI is InChI=1S/C55H92F9NO10/c1-3-4-5-6-7-8-9-10-11-12-13-14-15-16-22-31-48(66)73-44-47(46-75-51(68)72-43-30-40-69-39-29-38-65-36-25-21-26-37-65)45-74-49(67)32-33-50(70-41-27-19-17-23-34-53(58,59)52(2,56)57)71-42-28-20-18-24-35-54(60,61)55(62,63)64/h7-8,10-11,47,50H,3-6,9,12-46H2,1-2H3/b8-7-,11-10-. The average Bonchev–Trinajstić information content (AvgIpc) is 3.35. The zero-order chi connectivity index (χ0) is 55.5. The van der Waals surface area contributed by atoms with Crippen LogP contribution in [0.2, 0.25) is 0 Å². The van der Waals surface area contributed by atoms with E-state index in [-0.39, 0.29) is 104 Å². The Morgan fingerprint density at radius 2 is 1.04 bits per heavy atom. The molecule has 1 aliphatic rings. The highest BCUT2D eigenvalue weighted by Gasteiger charge is 2.56. The van der Waals surface area contributed by atoms with Crippen LogP contribution in [0.3, 0.4) is 0 Å². The SMILES string of the molecule is CCCCC/C=C\C/C=C\CCCCCCCC(=O)OCC(COC(=O)CCC(OCCCCCCC(F)(F)C(C)(F)F)OCCCCCCC(F)(F)C(F)(F)F)COC(=O)OCCCOCCCN1CCCCC1. The molecule has 1 fully saturated rings. The monoisotopic (exact) mass is 1100 g/mol. The zero-order valence-electron chi connectivity index (χ0n) is 45.2. The largest absolute Gasteiger partial charge is 0.508 e. The summed E-state index contributed by atoms with van der Waals surface area (Å²) in [6, 6.07) is 0. The summed E-state index contributed by atoms with van der Waals surface area (Å²) < 4.78 is 156. The van der Waals surface area contributed by atoms with Gasteiger partial charge in [0.25, 0.3) is 0 Å². The van der Waals surface area contributed by atoms with Gasteiger partial charge in [-0.3, -0.25) is 9.59 Å². The summed E-state index contributed by atoms with van der Waals surface area (Å²) in [7, 11) is 0. The molecule has 0 amide bonds. The van der Waals surface area contributed by atoms with E-state index in [2.05, 4.69) is 36.1 Å². The highest BCUT2D eigenvalue weighted by atomic mass is 19.4. The molecule has 75 heavy (non-hydrogen) atoms. The number of nitrogens with zero attached hydrogens (tertiary/aromatic N) is 1. The highest BCUT2D eigenvalue weighted by Crippen LogP contribution is 2.39. The first kappa shape index (κ1) is 69.9. The van der Waals surface area contributed by atoms with E-state index in [4.69, 9.17) is 33.2 Å². The van der Waals surface area contributed by atoms with Crippen LogP contribution in [0.5, 0.6) is 0 Å². The van der Waals surface area contributed by atoms with Gasteiger partial charge in [0.1, 0.15) is 19.8 Å². The van der Waals surface area contributed by atoms with Gasteiger partial charge in [-0.1, -0.05) is 95.4 Å². The van der Waals surface area contributed by atoms with Crippen LogP contribution < -0.4 is 0 Å². The van der Waals surface area contributed by atoms with Crippen molar-refractivity contribution in [1.82, 2.24) is 4.90 Å². The number of rotatable bonds is 48. The number of carbonyl (C=O) groups is 3. The average molecular weight is 1100 g/mol. The van der Waals surface area contributed by atoms with Gasteiger partial charge in [-0.25, -0.2) is 13.6 Å². The highest BCUT2D eigenvalue weighted by molar-refractivity contribution is 5.69. The van der Waals surface area contributed by atoms with E-state index in [9.17, 15) is 53.9 Å². The lowest BCUT2D eigenvalue weighted by Gasteiger charge is -2.26. The molecule has 20 heteroatoms. The van der Waals surface area contributed by atoms with E-state index in [0.29, 0.717) is 38.9 Å². The van der Waals surface area contributed by atoms with E-state index in [0.717, 1.165) is 71.0 Å². The molecule has 0 aromatic carbocycles. The van der Waals surface area contributed by atoms with Crippen molar-refractivity contribution in [3.8, 4) is 0 Å². The minimum Gasteiger partial charge on any atom is -0.465 e. The first-order valence-electron chi connectivity index (χ1n) is 27.9. The van der Waals surface area contributed by atoms with Gasteiger partial charge < -0.3 is 38.1 Å². The third-order valence-corrected chi connectivity index (χ3v) is 12.6. The first-order valence-corrected chi connectivity index (χ1v) is 27.9. The lowest BCUT2D eigenvalue weighted by atomic mass is 10.0. The van der Waals surface area contributed by atoms with Crippen LogP contribution in [0.25, 0.3) is 0 Å². The van der Waals surface area contributed by atoms with Crippen molar-refractivity contribution in [2.24, 2.45) is 5.92 Å². The van der Waals surface area contributed by atoms with Gasteiger partial charge in [-0.15, -0.1) is 0 Å². The molecule has 0 aromatic heterocycles. The second kappa shape index (κ2) is 42.9. The van der Waals surface area contributed by atoms with Crippen molar-refractivity contribution < 1.29 is 87.1 Å². The van der Waals surface area contributed by atoms with E-state index in [1.165, 1.54) is 38.5 Å². The number of carbonyl (C=O) groups excluding carboxylic acids is 3. The number of allylic oxidation sites excluding steroid dienone is 4. The van der Waals surface area contributed by atoms with Crippen LogP contribution in [0.4, 0.5) is 44.3 Å². The van der Waals surface area contributed by atoms with Gasteiger partial charge in [-0.2, -0.15) is 30.7 Å². The molecule has 1 saturated heterocycles. The Bertz CT molecular complexity index is 1450. The number of halogens is 9. The Hall–Kier alpha value is -3.10. The second-order valence-corrected chi connectivity index (χ2v) is 19.7. The molecule has 0 bridgehead atoms. The summed E-state index contributed by atoms with van der Waals surface area (Å²) >= 11 is 0. The first-order chi connectivity index (χ1) is 35.8. The number of esters is 2. The number of hydrogen-bond donors (Lipinski definition) is 0. The maximum Gasteiger partial charge on any atom is 0.508 e. The normalized spacial score (nSPS) is 14.9. The van der Waals surface area contributed by atoms with Gasteiger partial charge in [0, 0.05) is 72.0 Å². The predicted molar refractivity (Wildman–Crippen MR) is 270 cm³/mol. The quantitative estimate of drug-likeness (QED) is 0.0145. The Balaban J connectivity index is 2.67. The molecule has 1 heterocycles. The summed E-state index contributed by atoms with van der Waals surface area (Å²) in [6.45, 7) is 5.90. The molecule has 0 aromatic rings. The van der Waals surface area contributed by atoms with E-state index >= 15 is 0 Å². The minimum atomic E-state index is -5.63. The molecule has 2 unspecified atom stereocenters. The summed E-state index contributed by atoms with van der Waals surface area (Å²) in [4.78, 5) is 40.6. The van der Waals surface area contributed by atoms with Gasteiger partial charge >= 0.3 is 42.0 Å². The van der Waals surface area contributed by atoms with Crippen molar-refractivity contribution in [2.75, 3.05) is 72.5 Å². The lowest BCUT2D eigenvalue weighted by Crippen LogP contribution is -2.37. The molecule has 0 saturated carbocycles. The van der Waals surface area contributed by atoms with E-state index in [1.807, 2.05) is 0 Å². The van der Waals surface area contributed by atoms with Crippen molar-refractivity contribution >= 4 is 18.1 Å². The third-order valence-electron chi connectivity index (χ3n) is 12.6. The molecule has 0 radical (unpaired) electrons. The van der Waals surface area contributed by atoms with Crippen molar-refractivity contribution in [3.63, 3.8) is 0 Å². The van der Waals surface area contributed by atoms with Crippen molar-refractivity contribution in [1.29, 1.82) is 0 Å². The van der Waals surface area contributed by atoms with Crippen LogP contribution in [0, 0.1) is 5.92 Å². The van der Waals surface area contributed by atoms with Gasteiger partial charge in [-0.05, 0) is 96.6 Å². The lowest BCUT2D eigenvalue weighted by molar-refractivity contribution is -0.284. The maximum absolute atomic E-state index is 13.6. The van der Waals surface area contributed by atoms with Crippen LogP contribution in [-0.4, -0.2) is 126 Å². The van der Waals surface area contributed by atoms with Gasteiger partial charge in [0.2, 0.25) is 0 Å². The molecule has 0 spiro atoms. The Kier molecular flexibility index (Phi) is 40.0. The van der Waals surface area contributed by atoms with E-state index in [1.54, 1.807) is 0 Å². The number of ether oxygens (including phenoxy) is 7. The molecule has 1 rings (SSSR count). The molecule has 0 aliphatic carbocycles. The fourth-order valence-electron chi connectivity index (χ4n) is 7.86. The number of unbranched alkanes of at least 4 members (excludes halogenated alkanes) is 14. The molecule has 11 nitrogen and oxygen atoms in total. The number of likely N-dealkylation sites (tertiary alicyclic amines) is 1. The number of piperidine rings is 1. The Morgan fingerprint density at radius 1 is 0.520 bits per heavy atom. The van der Waals surface area contributed by atoms with E-state index < -0.39 is 67.1 Å². The number of alkyl halides is 9. The summed E-state index contributed by atoms with van der Waals surface area (Å²) in [6.07, 6.45) is 16.3. The zero-order valence-corrected chi connectivity index (χ0v) is 45.2. The molecule has 2 atom stereocenters. The summed E-state index contributed by atoms with van der Waals surface area (Å²) in [5.74, 6) is -15.0. The van der Waals surface area contributed by atoms with Gasteiger partial charge in [0.15, 0.2) is 6.29 Å². The second-order valence-electron chi connectivity index (χ2n) is 19.7.